The molecular formula is C26H28BrN3O5. The standard InChI is InChI=1S/C26H28BrN3O5/c1-33-23-20(15-30-14-7-6-13-21(30)25(31)32)24(34-2)29-26(28-23)35-16-18-11-8-12-19(22(18)27)17-9-4-3-5-10-17/h3-5,8-12,21H,6-7,13-16H2,1-2H3,(H,31,32). The molecule has 0 bridgehead atoms. The third-order valence-electron chi connectivity index (χ3n) is 6.08. The first-order valence-corrected chi connectivity index (χ1v) is 12.2. The predicted molar refractivity (Wildman–Crippen MR) is 135 cm³/mol. The molecule has 1 aromatic heterocycles. The van der Waals surface area contributed by atoms with Crippen LogP contribution in [-0.4, -0.2) is 52.7 Å². The lowest BCUT2D eigenvalue weighted by Gasteiger charge is -2.33. The fraction of sp³-hybridized carbons (Fsp3) is 0.346. The smallest absolute Gasteiger partial charge is 0.323 e. The van der Waals surface area contributed by atoms with Gasteiger partial charge in [0.05, 0.1) is 19.8 Å². The number of aromatic nitrogens is 2. The summed E-state index contributed by atoms with van der Waals surface area (Å²) in [6.07, 6.45) is 2.44. The van der Waals surface area contributed by atoms with Crippen molar-refractivity contribution in [1.29, 1.82) is 0 Å². The van der Waals surface area contributed by atoms with Gasteiger partial charge in [-0.05, 0) is 46.4 Å². The van der Waals surface area contributed by atoms with E-state index < -0.39 is 12.0 Å². The van der Waals surface area contributed by atoms with Crippen molar-refractivity contribution < 1.29 is 24.1 Å². The number of methoxy groups -OCH3 is 2. The summed E-state index contributed by atoms with van der Waals surface area (Å²) in [6, 6.07) is 15.7. The Morgan fingerprint density at radius 2 is 1.77 bits per heavy atom. The zero-order valence-electron chi connectivity index (χ0n) is 19.7. The molecule has 0 amide bonds. The number of ether oxygens (including phenoxy) is 3. The summed E-state index contributed by atoms with van der Waals surface area (Å²) >= 11 is 3.71. The van der Waals surface area contributed by atoms with Crippen molar-refractivity contribution in [2.24, 2.45) is 0 Å². The minimum Gasteiger partial charge on any atom is -0.481 e. The predicted octanol–water partition coefficient (Wildman–Crippen LogP) is 4.94. The van der Waals surface area contributed by atoms with E-state index in [1.807, 2.05) is 41.3 Å². The molecule has 0 spiro atoms. The molecular weight excluding hydrogens is 514 g/mol. The van der Waals surface area contributed by atoms with Crippen LogP contribution in [-0.2, 0) is 17.9 Å². The molecule has 1 aliphatic rings. The van der Waals surface area contributed by atoms with Crippen molar-refractivity contribution in [3.63, 3.8) is 0 Å². The van der Waals surface area contributed by atoms with E-state index in [0.717, 1.165) is 34.0 Å². The van der Waals surface area contributed by atoms with E-state index in [1.54, 1.807) is 0 Å². The highest BCUT2D eigenvalue weighted by atomic mass is 79.9. The van der Waals surface area contributed by atoms with Crippen molar-refractivity contribution in [1.82, 2.24) is 14.9 Å². The zero-order valence-corrected chi connectivity index (χ0v) is 21.3. The van der Waals surface area contributed by atoms with E-state index in [4.69, 9.17) is 14.2 Å². The highest BCUT2D eigenvalue weighted by Crippen LogP contribution is 2.33. The normalized spacial score (nSPS) is 16.0. The average Bonchev–Trinajstić information content (AvgIpc) is 2.89. The van der Waals surface area contributed by atoms with Crippen LogP contribution in [0.5, 0.6) is 17.8 Å². The fourth-order valence-electron chi connectivity index (χ4n) is 4.30. The number of hydrogen-bond acceptors (Lipinski definition) is 7. The summed E-state index contributed by atoms with van der Waals surface area (Å²) in [5, 5.41) is 9.62. The molecule has 9 heteroatoms. The number of carboxylic acids is 1. The molecule has 4 rings (SSSR count). The Morgan fingerprint density at radius 1 is 1.06 bits per heavy atom. The van der Waals surface area contributed by atoms with Crippen LogP contribution in [0.2, 0.25) is 0 Å². The average molecular weight is 542 g/mol. The van der Waals surface area contributed by atoms with Crippen molar-refractivity contribution in [2.75, 3.05) is 20.8 Å². The molecule has 3 aromatic rings. The molecule has 2 heterocycles. The Hall–Kier alpha value is -3.17. The van der Waals surface area contributed by atoms with Crippen molar-refractivity contribution in [3.8, 4) is 28.9 Å². The molecule has 1 saturated heterocycles. The summed E-state index contributed by atoms with van der Waals surface area (Å²) < 4.78 is 17.9. The maximum Gasteiger partial charge on any atom is 0.323 e. The Bertz CT molecular complexity index is 1150. The number of carboxylic acid groups (broad SMARTS) is 1. The number of aliphatic carboxylic acids is 1. The second kappa shape index (κ2) is 11.5. The Balaban J connectivity index is 1.55. The summed E-state index contributed by atoms with van der Waals surface area (Å²) in [7, 11) is 3.03. The van der Waals surface area contributed by atoms with Crippen LogP contribution in [0.25, 0.3) is 11.1 Å². The number of rotatable bonds is 9. The maximum atomic E-state index is 11.7. The number of benzene rings is 2. The zero-order chi connectivity index (χ0) is 24.8. The lowest BCUT2D eigenvalue weighted by molar-refractivity contribution is -0.144. The summed E-state index contributed by atoms with van der Waals surface area (Å²) in [6.45, 7) is 1.22. The van der Waals surface area contributed by atoms with Gasteiger partial charge in [0.25, 0.3) is 0 Å². The van der Waals surface area contributed by atoms with Crippen molar-refractivity contribution in [2.45, 2.75) is 38.5 Å². The van der Waals surface area contributed by atoms with Crippen LogP contribution in [0.4, 0.5) is 0 Å². The molecule has 184 valence electrons. The van der Waals surface area contributed by atoms with Crippen molar-refractivity contribution >= 4 is 21.9 Å². The highest BCUT2D eigenvalue weighted by molar-refractivity contribution is 9.10. The van der Waals surface area contributed by atoms with Gasteiger partial charge in [0.1, 0.15) is 12.6 Å². The quantitative estimate of drug-likeness (QED) is 0.407. The van der Waals surface area contributed by atoms with E-state index >= 15 is 0 Å². The number of carbonyl (C=O) groups is 1. The van der Waals surface area contributed by atoms with Gasteiger partial charge >= 0.3 is 12.0 Å². The van der Waals surface area contributed by atoms with E-state index in [0.29, 0.717) is 36.8 Å². The number of halogens is 1. The van der Waals surface area contributed by atoms with Gasteiger partial charge in [0.2, 0.25) is 11.8 Å². The summed E-state index contributed by atoms with van der Waals surface area (Å²) in [4.78, 5) is 22.5. The van der Waals surface area contributed by atoms with Gasteiger partial charge in [-0.1, -0.05) is 55.0 Å². The number of likely N-dealkylation sites (tertiary alicyclic amines) is 1. The lowest BCUT2D eigenvalue weighted by Crippen LogP contribution is -2.44. The van der Waals surface area contributed by atoms with Crippen LogP contribution in [0.1, 0.15) is 30.4 Å². The van der Waals surface area contributed by atoms with Crippen LogP contribution in [0.3, 0.4) is 0 Å². The second-order valence-electron chi connectivity index (χ2n) is 8.26. The largest absolute Gasteiger partial charge is 0.481 e. The number of piperidine rings is 1. The molecule has 1 unspecified atom stereocenters. The van der Waals surface area contributed by atoms with Crippen molar-refractivity contribution in [3.05, 3.63) is 64.1 Å². The molecule has 1 aliphatic heterocycles. The second-order valence-corrected chi connectivity index (χ2v) is 9.05. The van der Waals surface area contributed by atoms with Crippen LogP contribution in [0, 0.1) is 0 Å². The third kappa shape index (κ3) is 5.74. The van der Waals surface area contributed by atoms with E-state index in [-0.39, 0.29) is 12.6 Å². The van der Waals surface area contributed by atoms with Gasteiger partial charge in [-0.15, -0.1) is 0 Å². The molecule has 0 saturated carbocycles. The minimum atomic E-state index is -0.827. The van der Waals surface area contributed by atoms with Gasteiger partial charge in [0.15, 0.2) is 0 Å². The molecule has 1 N–H and O–H groups in total. The summed E-state index contributed by atoms with van der Waals surface area (Å²) in [5.74, 6) is -0.218. The van der Waals surface area contributed by atoms with Crippen LogP contribution < -0.4 is 14.2 Å². The Kier molecular flexibility index (Phi) is 8.20. The first kappa shape index (κ1) is 24.9. The van der Waals surface area contributed by atoms with Crippen LogP contribution >= 0.6 is 15.9 Å². The van der Waals surface area contributed by atoms with Crippen LogP contribution in [0.15, 0.2) is 53.0 Å². The molecule has 0 aliphatic carbocycles. The van der Waals surface area contributed by atoms with E-state index in [2.05, 4.69) is 38.0 Å². The first-order valence-electron chi connectivity index (χ1n) is 11.4. The lowest BCUT2D eigenvalue weighted by atomic mass is 10.0. The molecule has 2 aromatic carbocycles. The Labute approximate surface area is 213 Å². The molecule has 35 heavy (non-hydrogen) atoms. The summed E-state index contributed by atoms with van der Waals surface area (Å²) in [5.41, 5.74) is 3.70. The van der Waals surface area contributed by atoms with E-state index in [9.17, 15) is 9.90 Å². The molecule has 1 fully saturated rings. The molecule has 1 atom stereocenters. The number of hydrogen-bond donors (Lipinski definition) is 1. The fourth-order valence-corrected chi connectivity index (χ4v) is 4.91. The maximum absolute atomic E-state index is 11.7. The van der Waals surface area contributed by atoms with Gasteiger partial charge in [0, 0.05) is 16.6 Å². The molecule has 8 nitrogen and oxygen atoms in total. The third-order valence-corrected chi connectivity index (χ3v) is 7.01. The topological polar surface area (TPSA) is 94.0 Å². The van der Waals surface area contributed by atoms with Gasteiger partial charge in [-0.3, -0.25) is 9.69 Å². The first-order chi connectivity index (χ1) is 17.0. The Morgan fingerprint density at radius 3 is 2.43 bits per heavy atom. The van der Waals surface area contributed by atoms with E-state index in [1.165, 1.54) is 14.2 Å². The van der Waals surface area contributed by atoms with Gasteiger partial charge in [-0.2, -0.15) is 9.97 Å². The van der Waals surface area contributed by atoms with Gasteiger partial charge < -0.3 is 19.3 Å². The SMILES string of the molecule is COc1nc(OCc2cccc(-c3ccccc3)c2Br)nc(OC)c1CN1CCCCC1C(=O)O. The highest BCUT2D eigenvalue weighted by Gasteiger charge is 2.31. The monoisotopic (exact) mass is 541 g/mol. The number of nitrogens with zero attached hydrogens (tertiary/aromatic N) is 3. The minimum absolute atomic E-state index is 0.118. The van der Waals surface area contributed by atoms with Gasteiger partial charge in [-0.25, -0.2) is 0 Å². The molecule has 0 radical (unpaired) electrons.